The van der Waals surface area contributed by atoms with Gasteiger partial charge < -0.3 is 15.4 Å². The number of morpholine rings is 1. The second-order valence-electron chi connectivity index (χ2n) is 7.75. The van der Waals surface area contributed by atoms with E-state index in [1.54, 1.807) is 12.3 Å². The molecule has 1 unspecified atom stereocenters. The number of aromatic nitrogens is 2. The lowest BCUT2D eigenvalue weighted by Crippen LogP contribution is -2.45. The van der Waals surface area contributed by atoms with Crippen LogP contribution in [0.15, 0.2) is 48.7 Å². The third kappa shape index (κ3) is 5.59. The van der Waals surface area contributed by atoms with E-state index >= 15 is 0 Å². The van der Waals surface area contributed by atoms with Crippen molar-refractivity contribution in [3.8, 4) is 5.69 Å². The predicted octanol–water partition coefficient (Wildman–Crippen LogP) is 4.83. The Balaban J connectivity index is 0.00000193. The number of anilines is 3. The van der Waals surface area contributed by atoms with Crippen molar-refractivity contribution in [1.29, 1.82) is 0 Å². The maximum absolute atomic E-state index is 13.5. The van der Waals surface area contributed by atoms with Crippen molar-refractivity contribution < 1.29 is 16.4 Å². The highest BCUT2D eigenvalue weighted by Crippen LogP contribution is 2.23. The molecule has 0 bridgehead atoms. The van der Waals surface area contributed by atoms with Crippen LogP contribution in [-0.4, -0.2) is 53.6 Å². The number of rotatable bonds is 7. The molecule has 0 aliphatic carbocycles. The predicted molar refractivity (Wildman–Crippen MR) is 123 cm³/mol. The van der Waals surface area contributed by atoms with E-state index in [1.807, 2.05) is 19.1 Å². The van der Waals surface area contributed by atoms with E-state index in [-0.39, 0.29) is 8.96 Å². The molecule has 1 atom stereocenters. The minimum absolute atomic E-state index is 0. The van der Waals surface area contributed by atoms with E-state index in [1.165, 1.54) is 16.8 Å². The lowest BCUT2D eigenvalue weighted by atomic mass is 10.2. The molecule has 0 spiro atoms. The van der Waals surface area contributed by atoms with E-state index in [0.717, 1.165) is 55.8 Å². The first kappa shape index (κ1) is 21.3. The lowest BCUT2D eigenvalue weighted by Gasteiger charge is -2.32. The zero-order valence-corrected chi connectivity index (χ0v) is 17.7. The van der Waals surface area contributed by atoms with Crippen molar-refractivity contribution in [2.24, 2.45) is 0 Å². The second-order valence-corrected chi connectivity index (χ2v) is 7.75. The van der Waals surface area contributed by atoms with Gasteiger partial charge in [-0.3, -0.25) is 4.90 Å². The number of likely N-dealkylation sites (N-methyl/N-ethyl adjacent to an activating group) is 1. The summed E-state index contributed by atoms with van der Waals surface area (Å²) < 4.78 is 34.3. The highest BCUT2D eigenvalue weighted by molar-refractivity contribution is 5.64. The molecular formula is C23H31F2N5O. The summed E-state index contributed by atoms with van der Waals surface area (Å²) in [7, 11) is 0. The molecule has 8 heteroatoms. The number of aryl methyl sites for hydroxylation is 1. The van der Waals surface area contributed by atoms with Crippen molar-refractivity contribution in [3.05, 3.63) is 65.9 Å². The van der Waals surface area contributed by atoms with Gasteiger partial charge in [0.15, 0.2) is 5.82 Å². The molecule has 2 aromatic carbocycles. The molecular weight excluding hydrogens is 400 g/mol. The van der Waals surface area contributed by atoms with Gasteiger partial charge in [0, 0.05) is 52.2 Å². The Labute approximate surface area is 183 Å². The molecule has 0 radical (unpaired) electrons. The van der Waals surface area contributed by atoms with Gasteiger partial charge in [0.05, 0.1) is 18.4 Å². The normalized spacial score (nSPS) is 17.0. The van der Waals surface area contributed by atoms with Gasteiger partial charge in [0.1, 0.15) is 11.6 Å². The van der Waals surface area contributed by atoms with Crippen LogP contribution in [0.5, 0.6) is 0 Å². The molecule has 1 aliphatic heterocycles. The monoisotopic (exact) mass is 431 g/mol. The Bertz CT molecular complexity index is 1030. The van der Waals surface area contributed by atoms with E-state index < -0.39 is 11.6 Å². The maximum Gasteiger partial charge on any atom is 0.152 e. The zero-order valence-electron chi connectivity index (χ0n) is 17.7. The van der Waals surface area contributed by atoms with Gasteiger partial charge in [-0.1, -0.05) is 6.92 Å². The van der Waals surface area contributed by atoms with Crippen molar-refractivity contribution >= 4 is 17.2 Å². The molecule has 1 fully saturated rings. The molecule has 2 heterocycles. The largest absolute Gasteiger partial charge is 0.382 e. The van der Waals surface area contributed by atoms with E-state index in [9.17, 15) is 8.78 Å². The quantitative estimate of drug-likeness (QED) is 0.561. The SMILES string of the molecule is CCN1CCOC(CNc2cc(C)cc(Nc3ccn(-c4cc(F)cc(F)c4)n3)c2)C1.[HH].[HH]. The van der Waals surface area contributed by atoms with Gasteiger partial charge in [0.25, 0.3) is 0 Å². The number of nitrogens with zero attached hydrogens (tertiary/aromatic N) is 3. The van der Waals surface area contributed by atoms with Gasteiger partial charge in [-0.2, -0.15) is 5.10 Å². The fourth-order valence-corrected chi connectivity index (χ4v) is 3.73. The number of hydrogen-bond donors (Lipinski definition) is 2. The van der Waals surface area contributed by atoms with Gasteiger partial charge in [-0.15, -0.1) is 0 Å². The second kappa shape index (κ2) is 9.45. The number of nitrogens with one attached hydrogen (secondary N) is 2. The number of ether oxygens (including phenoxy) is 1. The van der Waals surface area contributed by atoms with Crippen molar-refractivity contribution in [2.75, 3.05) is 43.4 Å². The number of halogens is 2. The van der Waals surface area contributed by atoms with E-state index in [0.29, 0.717) is 11.5 Å². The molecule has 0 amide bonds. The Morgan fingerprint density at radius 1 is 1.13 bits per heavy atom. The van der Waals surface area contributed by atoms with Crippen LogP contribution in [-0.2, 0) is 4.74 Å². The molecule has 0 saturated carbocycles. The van der Waals surface area contributed by atoms with Gasteiger partial charge in [-0.05, 0) is 49.4 Å². The zero-order chi connectivity index (χ0) is 21.8. The van der Waals surface area contributed by atoms with Crippen molar-refractivity contribution in [2.45, 2.75) is 20.0 Å². The van der Waals surface area contributed by atoms with Crippen molar-refractivity contribution in [3.63, 3.8) is 0 Å². The molecule has 1 saturated heterocycles. The smallest absolute Gasteiger partial charge is 0.152 e. The Morgan fingerprint density at radius 3 is 2.68 bits per heavy atom. The fourth-order valence-electron chi connectivity index (χ4n) is 3.73. The maximum atomic E-state index is 13.5. The molecule has 1 aliphatic rings. The molecule has 168 valence electrons. The lowest BCUT2D eigenvalue weighted by molar-refractivity contribution is -0.0191. The average molecular weight is 432 g/mol. The summed E-state index contributed by atoms with van der Waals surface area (Å²) in [6.07, 6.45) is 1.82. The van der Waals surface area contributed by atoms with Crippen LogP contribution < -0.4 is 10.6 Å². The fraction of sp³-hybridized carbons (Fsp3) is 0.348. The standard InChI is InChI=1S/C23H27F2N5O.2H2/c1-3-29-6-7-31-22(15-29)14-26-19-8-16(2)9-20(13-19)27-23-4-5-30(28-23)21-11-17(24)10-18(25)12-21;;/h4-5,8-13,22,26H,3,6-7,14-15H2,1-2H3,(H,27,28);2*1H. The van der Waals surface area contributed by atoms with Crippen LogP contribution in [0.2, 0.25) is 0 Å². The summed E-state index contributed by atoms with van der Waals surface area (Å²) in [6.45, 7) is 8.64. The summed E-state index contributed by atoms with van der Waals surface area (Å²) >= 11 is 0. The highest BCUT2D eigenvalue weighted by Gasteiger charge is 2.19. The molecule has 3 aromatic rings. The van der Waals surface area contributed by atoms with Gasteiger partial charge in [-0.25, -0.2) is 13.5 Å². The summed E-state index contributed by atoms with van der Waals surface area (Å²) in [5, 5.41) is 11.1. The summed E-state index contributed by atoms with van der Waals surface area (Å²) in [4.78, 5) is 2.39. The summed E-state index contributed by atoms with van der Waals surface area (Å²) in [5.41, 5.74) is 3.29. The van der Waals surface area contributed by atoms with E-state index in [2.05, 4.69) is 33.6 Å². The van der Waals surface area contributed by atoms with Crippen LogP contribution in [0.1, 0.15) is 15.3 Å². The number of benzene rings is 2. The van der Waals surface area contributed by atoms with Gasteiger partial charge in [0.2, 0.25) is 0 Å². The molecule has 6 nitrogen and oxygen atoms in total. The Morgan fingerprint density at radius 2 is 1.90 bits per heavy atom. The van der Waals surface area contributed by atoms with E-state index in [4.69, 9.17) is 4.74 Å². The minimum Gasteiger partial charge on any atom is -0.382 e. The average Bonchev–Trinajstić information content (AvgIpc) is 3.20. The molecule has 31 heavy (non-hydrogen) atoms. The van der Waals surface area contributed by atoms with Gasteiger partial charge >= 0.3 is 0 Å². The Hall–Kier alpha value is -2.97. The third-order valence-corrected chi connectivity index (χ3v) is 5.25. The van der Waals surface area contributed by atoms with Crippen LogP contribution in [0.25, 0.3) is 5.69 Å². The van der Waals surface area contributed by atoms with Crippen LogP contribution in [0.3, 0.4) is 0 Å². The van der Waals surface area contributed by atoms with Crippen LogP contribution in [0.4, 0.5) is 26.0 Å². The topological polar surface area (TPSA) is 54.4 Å². The highest BCUT2D eigenvalue weighted by atomic mass is 19.1. The number of hydrogen-bond acceptors (Lipinski definition) is 5. The summed E-state index contributed by atoms with van der Waals surface area (Å²) in [5.74, 6) is -0.702. The molecule has 4 rings (SSSR count). The molecule has 1 aromatic heterocycles. The van der Waals surface area contributed by atoms with Crippen molar-refractivity contribution in [1.82, 2.24) is 14.7 Å². The summed E-state index contributed by atoms with van der Waals surface area (Å²) in [6, 6.07) is 11.2. The third-order valence-electron chi connectivity index (χ3n) is 5.25. The van der Waals surface area contributed by atoms with Crippen LogP contribution in [0, 0.1) is 18.6 Å². The first-order valence-corrected chi connectivity index (χ1v) is 10.5. The molecule has 2 N–H and O–H groups in total. The Kier molecular flexibility index (Phi) is 6.48. The first-order valence-electron chi connectivity index (χ1n) is 10.5. The first-order chi connectivity index (χ1) is 15.0. The van der Waals surface area contributed by atoms with Crippen LogP contribution >= 0.6 is 0 Å². The minimum atomic E-state index is -0.640.